The average molecular weight is 579 g/mol. The Morgan fingerprint density at radius 1 is 0.780 bits per heavy atom. The number of hydrogen-bond donors (Lipinski definition) is 5. The lowest BCUT2D eigenvalue weighted by Crippen LogP contribution is -2.74. The molecular formula is C33H62N4O4. The SMILES string of the molecule is CCCCN(CCO)C(=O)COC1CCC(C2NC(C3CCC(C)CC3C)NC(C3CCC(C)CC3C)N2)C(O)C1. The number of carbonyl (C=O) groups excluding carboxylic acids is 1. The molecule has 4 rings (SSSR count). The number of aliphatic hydroxyl groups is 2. The Kier molecular flexibility index (Phi) is 12.8. The molecule has 0 radical (unpaired) electrons. The van der Waals surface area contributed by atoms with Gasteiger partial charge >= 0.3 is 0 Å². The quantitative estimate of drug-likeness (QED) is 0.252. The summed E-state index contributed by atoms with van der Waals surface area (Å²) in [4.78, 5) is 14.4. The lowest BCUT2D eigenvalue weighted by Gasteiger charge is -2.52. The largest absolute Gasteiger partial charge is 0.395 e. The van der Waals surface area contributed by atoms with Gasteiger partial charge in [-0.15, -0.1) is 0 Å². The number of nitrogens with one attached hydrogen (secondary N) is 3. The van der Waals surface area contributed by atoms with Gasteiger partial charge in [-0.3, -0.25) is 20.7 Å². The number of hydrogen-bond acceptors (Lipinski definition) is 7. The molecule has 1 aliphatic heterocycles. The fourth-order valence-corrected chi connectivity index (χ4v) is 8.62. The van der Waals surface area contributed by atoms with Crippen molar-refractivity contribution in [1.82, 2.24) is 20.9 Å². The maximum atomic E-state index is 12.7. The molecule has 4 fully saturated rings. The van der Waals surface area contributed by atoms with Gasteiger partial charge in [0.05, 0.1) is 37.3 Å². The molecule has 3 aliphatic carbocycles. The van der Waals surface area contributed by atoms with Gasteiger partial charge in [-0.05, 0) is 86.9 Å². The van der Waals surface area contributed by atoms with Crippen LogP contribution in [0.25, 0.3) is 0 Å². The molecule has 1 saturated heterocycles. The summed E-state index contributed by atoms with van der Waals surface area (Å²) >= 11 is 0. The third-order valence-corrected chi connectivity index (χ3v) is 11.1. The van der Waals surface area contributed by atoms with Crippen molar-refractivity contribution in [2.75, 3.05) is 26.3 Å². The zero-order valence-corrected chi connectivity index (χ0v) is 26.7. The van der Waals surface area contributed by atoms with E-state index in [1.54, 1.807) is 4.90 Å². The van der Waals surface area contributed by atoms with Gasteiger partial charge in [-0.2, -0.15) is 0 Å². The van der Waals surface area contributed by atoms with Crippen molar-refractivity contribution in [1.29, 1.82) is 0 Å². The van der Waals surface area contributed by atoms with E-state index in [2.05, 4.69) is 50.6 Å². The minimum atomic E-state index is -0.477. The summed E-state index contributed by atoms with van der Waals surface area (Å²) in [5.41, 5.74) is 0. The van der Waals surface area contributed by atoms with E-state index >= 15 is 0 Å². The van der Waals surface area contributed by atoms with Crippen LogP contribution in [0.2, 0.25) is 0 Å². The Bertz CT molecular complexity index is 767. The molecule has 3 saturated carbocycles. The highest BCUT2D eigenvalue weighted by molar-refractivity contribution is 5.77. The zero-order valence-electron chi connectivity index (χ0n) is 26.7. The first-order valence-electron chi connectivity index (χ1n) is 17.2. The van der Waals surface area contributed by atoms with Gasteiger partial charge in [0, 0.05) is 19.0 Å². The second kappa shape index (κ2) is 15.8. The van der Waals surface area contributed by atoms with Crippen molar-refractivity contribution in [3.05, 3.63) is 0 Å². The summed E-state index contributed by atoms with van der Waals surface area (Å²) < 4.78 is 6.05. The lowest BCUT2D eigenvalue weighted by atomic mass is 9.71. The molecule has 11 unspecified atom stereocenters. The summed E-state index contributed by atoms with van der Waals surface area (Å²) in [5.74, 6) is 4.23. The molecule has 41 heavy (non-hydrogen) atoms. The minimum absolute atomic E-state index is 0.0236. The van der Waals surface area contributed by atoms with Gasteiger partial charge in [-0.25, -0.2) is 0 Å². The van der Waals surface area contributed by atoms with Crippen molar-refractivity contribution in [3.8, 4) is 0 Å². The smallest absolute Gasteiger partial charge is 0.248 e. The zero-order chi connectivity index (χ0) is 29.5. The molecule has 238 valence electrons. The fourth-order valence-electron chi connectivity index (χ4n) is 8.62. The van der Waals surface area contributed by atoms with Crippen LogP contribution in [0.1, 0.15) is 105 Å². The van der Waals surface area contributed by atoms with E-state index in [0.29, 0.717) is 43.2 Å². The second-order valence-electron chi connectivity index (χ2n) is 14.5. The molecule has 0 aromatic rings. The van der Waals surface area contributed by atoms with Crippen LogP contribution in [0.3, 0.4) is 0 Å². The molecule has 5 N–H and O–H groups in total. The predicted molar refractivity (Wildman–Crippen MR) is 164 cm³/mol. The van der Waals surface area contributed by atoms with Crippen molar-refractivity contribution in [2.24, 2.45) is 41.4 Å². The number of aliphatic hydroxyl groups excluding tert-OH is 2. The van der Waals surface area contributed by atoms with Gasteiger partial charge in [-0.1, -0.05) is 53.9 Å². The highest BCUT2D eigenvalue weighted by atomic mass is 16.5. The number of unbranched alkanes of at least 4 members (excludes halogenated alkanes) is 1. The van der Waals surface area contributed by atoms with E-state index in [1.165, 1.54) is 38.5 Å². The third-order valence-electron chi connectivity index (χ3n) is 11.1. The molecule has 4 aliphatic rings. The van der Waals surface area contributed by atoms with Gasteiger partial charge < -0.3 is 19.8 Å². The van der Waals surface area contributed by atoms with Gasteiger partial charge in [0.25, 0.3) is 0 Å². The van der Waals surface area contributed by atoms with Gasteiger partial charge in [0.2, 0.25) is 5.91 Å². The number of rotatable bonds is 11. The molecule has 8 heteroatoms. The highest BCUT2D eigenvalue weighted by Crippen LogP contribution is 2.40. The summed E-state index contributed by atoms with van der Waals surface area (Å²) in [5, 5.41) is 32.8. The number of amides is 1. The molecule has 0 spiro atoms. The van der Waals surface area contributed by atoms with Crippen LogP contribution >= 0.6 is 0 Å². The third kappa shape index (κ3) is 8.89. The van der Waals surface area contributed by atoms with E-state index in [1.807, 2.05) is 0 Å². The first-order valence-corrected chi connectivity index (χ1v) is 17.2. The molecule has 1 amide bonds. The number of ether oxygens (including phenoxy) is 1. The van der Waals surface area contributed by atoms with Crippen LogP contribution in [0, 0.1) is 41.4 Å². The van der Waals surface area contributed by atoms with Crippen molar-refractivity contribution in [2.45, 2.75) is 136 Å². The summed E-state index contributed by atoms with van der Waals surface area (Å²) in [6.45, 7) is 12.8. The summed E-state index contributed by atoms with van der Waals surface area (Å²) in [7, 11) is 0. The monoisotopic (exact) mass is 578 g/mol. The second-order valence-corrected chi connectivity index (χ2v) is 14.5. The molecule has 0 bridgehead atoms. The molecule has 0 aromatic carbocycles. The first-order chi connectivity index (χ1) is 19.7. The van der Waals surface area contributed by atoms with Gasteiger partial charge in [0.15, 0.2) is 0 Å². The fraction of sp³-hybridized carbons (Fsp3) is 0.970. The predicted octanol–water partition coefficient (Wildman–Crippen LogP) is 4.06. The maximum Gasteiger partial charge on any atom is 0.248 e. The van der Waals surface area contributed by atoms with E-state index in [9.17, 15) is 15.0 Å². The minimum Gasteiger partial charge on any atom is -0.395 e. The van der Waals surface area contributed by atoms with Crippen LogP contribution in [-0.2, 0) is 9.53 Å². The molecular weight excluding hydrogens is 516 g/mol. The Labute approximate surface area is 250 Å². The highest BCUT2D eigenvalue weighted by Gasteiger charge is 2.45. The summed E-state index contributed by atoms with van der Waals surface area (Å²) in [6.07, 6.45) is 11.9. The molecule has 0 aromatic heterocycles. The van der Waals surface area contributed by atoms with E-state index in [0.717, 1.165) is 37.5 Å². The van der Waals surface area contributed by atoms with E-state index in [4.69, 9.17) is 4.74 Å². The standard InChI is InChI=1S/C33H62N4O4/c1-6-7-14-37(15-16-38)30(40)20-41-25-10-13-28(29(39)19-25)33-35-31(26-11-8-21(2)17-23(26)4)34-32(36-33)27-12-9-22(3)18-24(27)5/h21-29,31-36,38-39H,6-20H2,1-5H3. The first kappa shape index (κ1) is 33.1. The van der Waals surface area contributed by atoms with Crippen molar-refractivity contribution >= 4 is 5.91 Å². The summed E-state index contributed by atoms with van der Waals surface area (Å²) in [6, 6.07) is 0. The Balaban J connectivity index is 1.38. The van der Waals surface area contributed by atoms with Gasteiger partial charge in [0.1, 0.15) is 6.61 Å². The van der Waals surface area contributed by atoms with Crippen molar-refractivity contribution < 1.29 is 19.7 Å². The van der Waals surface area contributed by atoms with E-state index < -0.39 is 6.10 Å². The Morgan fingerprint density at radius 3 is 1.80 bits per heavy atom. The Morgan fingerprint density at radius 2 is 1.32 bits per heavy atom. The maximum absolute atomic E-state index is 12.7. The van der Waals surface area contributed by atoms with Crippen LogP contribution in [0.4, 0.5) is 0 Å². The van der Waals surface area contributed by atoms with E-state index in [-0.39, 0.29) is 49.6 Å². The lowest BCUT2D eigenvalue weighted by molar-refractivity contribution is -0.141. The molecule has 8 nitrogen and oxygen atoms in total. The Hall–Kier alpha value is -0.770. The number of carbonyl (C=O) groups is 1. The molecule has 11 atom stereocenters. The van der Waals surface area contributed by atoms with Crippen LogP contribution in [0.5, 0.6) is 0 Å². The normalized spacial score (nSPS) is 42.1. The van der Waals surface area contributed by atoms with Crippen LogP contribution in [-0.4, -0.2) is 78.0 Å². The number of nitrogens with zero attached hydrogens (tertiary/aromatic N) is 1. The van der Waals surface area contributed by atoms with Crippen LogP contribution in [0.15, 0.2) is 0 Å². The van der Waals surface area contributed by atoms with Crippen molar-refractivity contribution in [3.63, 3.8) is 0 Å². The topological polar surface area (TPSA) is 106 Å². The molecule has 1 heterocycles. The average Bonchev–Trinajstić information content (AvgIpc) is 2.93. The van der Waals surface area contributed by atoms with Crippen LogP contribution < -0.4 is 16.0 Å².